The van der Waals surface area contributed by atoms with Gasteiger partial charge in [-0.1, -0.05) is 5.57 Å². The fourth-order valence-corrected chi connectivity index (χ4v) is 1.53. The molecule has 0 radical (unpaired) electrons. The average Bonchev–Trinajstić information content (AvgIpc) is 2.36. The Morgan fingerprint density at radius 3 is 2.84 bits per heavy atom. The van der Waals surface area contributed by atoms with Crippen LogP contribution in [0.3, 0.4) is 0 Å². The van der Waals surface area contributed by atoms with E-state index in [0.717, 1.165) is 23.7 Å². The van der Waals surface area contributed by atoms with Gasteiger partial charge in [0.05, 0.1) is 12.3 Å². The second kappa shape index (κ2) is 8.67. The van der Waals surface area contributed by atoms with Crippen LogP contribution < -0.4 is 10.1 Å². The summed E-state index contributed by atoms with van der Waals surface area (Å²) in [5, 5.41) is 3.29. The summed E-state index contributed by atoms with van der Waals surface area (Å²) in [5.41, 5.74) is 3.19. The van der Waals surface area contributed by atoms with E-state index in [-0.39, 0.29) is 0 Å². The zero-order valence-corrected chi connectivity index (χ0v) is 12.3. The molecule has 0 atom stereocenters. The van der Waals surface area contributed by atoms with E-state index in [1.807, 2.05) is 19.1 Å². The van der Waals surface area contributed by atoms with E-state index in [9.17, 15) is 0 Å². The largest absolute Gasteiger partial charge is 0.488 e. The quantitative estimate of drug-likeness (QED) is 0.578. The number of nitrogens with zero attached hydrogens (tertiary/aromatic N) is 1. The third-order valence-electron chi connectivity index (χ3n) is 2.58. The second-order valence-electron chi connectivity index (χ2n) is 4.66. The van der Waals surface area contributed by atoms with Gasteiger partial charge in [-0.05, 0) is 39.0 Å². The summed E-state index contributed by atoms with van der Waals surface area (Å²) in [7, 11) is 1.69. The molecule has 0 aromatic carbocycles. The lowest BCUT2D eigenvalue weighted by atomic mass is 10.2. The van der Waals surface area contributed by atoms with Crippen LogP contribution in [0.25, 0.3) is 0 Å². The number of hydrogen-bond donors (Lipinski definition) is 1. The molecule has 0 unspecified atom stereocenters. The van der Waals surface area contributed by atoms with Crippen molar-refractivity contribution < 1.29 is 9.47 Å². The molecule has 0 aliphatic rings. The van der Waals surface area contributed by atoms with Crippen molar-refractivity contribution in [1.82, 2.24) is 10.3 Å². The van der Waals surface area contributed by atoms with Crippen molar-refractivity contribution in [3.8, 4) is 5.75 Å². The van der Waals surface area contributed by atoms with Crippen molar-refractivity contribution in [1.29, 1.82) is 0 Å². The minimum Gasteiger partial charge on any atom is -0.488 e. The van der Waals surface area contributed by atoms with Crippen LogP contribution in [0.4, 0.5) is 0 Å². The lowest BCUT2D eigenvalue weighted by molar-refractivity contribution is 0.199. The van der Waals surface area contributed by atoms with Gasteiger partial charge >= 0.3 is 0 Å². The number of allylic oxidation sites excluding steroid dienone is 1. The van der Waals surface area contributed by atoms with E-state index < -0.39 is 0 Å². The van der Waals surface area contributed by atoms with Gasteiger partial charge in [0.25, 0.3) is 0 Å². The van der Waals surface area contributed by atoms with Gasteiger partial charge in [-0.15, -0.1) is 0 Å². The molecule has 4 heteroatoms. The fraction of sp³-hybridized carbons (Fsp3) is 0.533. The van der Waals surface area contributed by atoms with Gasteiger partial charge in [0.2, 0.25) is 0 Å². The topological polar surface area (TPSA) is 43.4 Å². The molecule has 4 nitrogen and oxygen atoms in total. The molecule has 1 aromatic rings. The van der Waals surface area contributed by atoms with Crippen LogP contribution in [-0.4, -0.2) is 31.9 Å². The van der Waals surface area contributed by atoms with Crippen molar-refractivity contribution >= 4 is 0 Å². The number of aryl methyl sites for hydroxylation is 1. The molecule has 1 heterocycles. The van der Waals surface area contributed by atoms with Crippen molar-refractivity contribution in [3.05, 3.63) is 35.2 Å². The SMILES string of the molecule is COCCNCc1nc(C)ccc1OCC=C(C)C. The second-order valence-corrected chi connectivity index (χ2v) is 4.66. The van der Waals surface area contributed by atoms with Crippen LogP contribution in [0, 0.1) is 6.92 Å². The predicted octanol–water partition coefficient (Wildman–Crippen LogP) is 2.47. The van der Waals surface area contributed by atoms with Crippen molar-refractivity contribution in [2.24, 2.45) is 0 Å². The van der Waals surface area contributed by atoms with E-state index in [1.54, 1.807) is 7.11 Å². The van der Waals surface area contributed by atoms with Gasteiger partial charge < -0.3 is 14.8 Å². The molecule has 0 aliphatic heterocycles. The Morgan fingerprint density at radius 2 is 2.16 bits per heavy atom. The zero-order valence-electron chi connectivity index (χ0n) is 12.3. The van der Waals surface area contributed by atoms with Gasteiger partial charge in [-0.3, -0.25) is 4.98 Å². The Bertz CT molecular complexity index is 413. The predicted molar refractivity (Wildman–Crippen MR) is 77.5 cm³/mol. The summed E-state index contributed by atoms with van der Waals surface area (Å²) in [4.78, 5) is 4.52. The molecule has 19 heavy (non-hydrogen) atoms. The summed E-state index contributed by atoms with van der Waals surface area (Å²) < 4.78 is 10.8. The van der Waals surface area contributed by atoms with E-state index in [2.05, 4.69) is 30.2 Å². The van der Waals surface area contributed by atoms with E-state index >= 15 is 0 Å². The van der Waals surface area contributed by atoms with Crippen LogP contribution in [0.1, 0.15) is 25.2 Å². The minimum absolute atomic E-state index is 0.581. The standard InChI is InChI=1S/C15H24N2O2/c1-12(2)7-9-19-15-6-5-13(3)17-14(15)11-16-8-10-18-4/h5-7,16H,8-11H2,1-4H3. The maximum absolute atomic E-state index is 5.75. The van der Waals surface area contributed by atoms with E-state index in [4.69, 9.17) is 9.47 Å². The summed E-state index contributed by atoms with van der Waals surface area (Å²) in [6.07, 6.45) is 2.06. The molecule has 1 aromatic heterocycles. The number of rotatable bonds is 8. The smallest absolute Gasteiger partial charge is 0.142 e. The molecule has 0 fully saturated rings. The van der Waals surface area contributed by atoms with Crippen LogP contribution >= 0.6 is 0 Å². The number of hydrogen-bond acceptors (Lipinski definition) is 4. The Morgan fingerprint density at radius 1 is 1.37 bits per heavy atom. The first kappa shape index (κ1) is 15.7. The highest BCUT2D eigenvalue weighted by Gasteiger charge is 2.05. The Labute approximate surface area is 115 Å². The first-order valence-electron chi connectivity index (χ1n) is 6.56. The van der Waals surface area contributed by atoms with E-state index in [0.29, 0.717) is 19.8 Å². The van der Waals surface area contributed by atoms with Crippen molar-refractivity contribution in [2.45, 2.75) is 27.3 Å². The Balaban J connectivity index is 2.60. The summed E-state index contributed by atoms with van der Waals surface area (Å²) in [6, 6.07) is 3.95. The van der Waals surface area contributed by atoms with Crippen LogP contribution in [-0.2, 0) is 11.3 Å². The van der Waals surface area contributed by atoms with Crippen LogP contribution in [0.5, 0.6) is 5.75 Å². The van der Waals surface area contributed by atoms with Gasteiger partial charge in [-0.25, -0.2) is 0 Å². The summed E-state index contributed by atoms with van der Waals surface area (Å²) in [5.74, 6) is 0.841. The van der Waals surface area contributed by atoms with Crippen LogP contribution in [0.2, 0.25) is 0 Å². The van der Waals surface area contributed by atoms with Gasteiger partial charge in [0, 0.05) is 25.9 Å². The maximum atomic E-state index is 5.75. The molecule has 0 bridgehead atoms. The number of aromatic nitrogens is 1. The lowest BCUT2D eigenvalue weighted by Crippen LogP contribution is -2.20. The third kappa shape index (κ3) is 6.36. The number of ether oxygens (including phenoxy) is 2. The zero-order chi connectivity index (χ0) is 14.1. The highest BCUT2D eigenvalue weighted by atomic mass is 16.5. The molecular formula is C15H24N2O2. The minimum atomic E-state index is 0.581. The third-order valence-corrected chi connectivity index (χ3v) is 2.58. The molecule has 1 rings (SSSR count). The highest BCUT2D eigenvalue weighted by Crippen LogP contribution is 2.17. The maximum Gasteiger partial charge on any atom is 0.142 e. The normalized spacial score (nSPS) is 10.3. The molecule has 0 spiro atoms. The number of nitrogens with one attached hydrogen (secondary N) is 1. The lowest BCUT2D eigenvalue weighted by Gasteiger charge is -2.11. The molecule has 0 saturated heterocycles. The molecule has 106 valence electrons. The molecule has 1 N–H and O–H groups in total. The van der Waals surface area contributed by atoms with Crippen LogP contribution in [0.15, 0.2) is 23.8 Å². The monoisotopic (exact) mass is 264 g/mol. The molecule has 0 amide bonds. The average molecular weight is 264 g/mol. The van der Waals surface area contributed by atoms with Gasteiger partial charge in [0.15, 0.2) is 0 Å². The molecule has 0 aliphatic carbocycles. The first-order chi connectivity index (χ1) is 9.13. The van der Waals surface area contributed by atoms with E-state index in [1.165, 1.54) is 5.57 Å². The van der Waals surface area contributed by atoms with Crippen molar-refractivity contribution in [3.63, 3.8) is 0 Å². The Hall–Kier alpha value is -1.39. The molecular weight excluding hydrogens is 240 g/mol. The first-order valence-corrected chi connectivity index (χ1v) is 6.56. The van der Waals surface area contributed by atoms with Gasteiger partial charge in [-0.2, -0.15) is 0 Å². The molecule has 0 saturated carbocycles. The van der Waals surface area contributed by atoms with Gasteiger partial charge in [0.1, 0.15) is 12.4 Å². The fourth-order valence-electron chi connectivity index (χ4n) is 1.53. The highest BCUT2D eigenvalue weighted by molar-refractivity contribution is 5.29. The van der Waals surface area contributed by atoms with Crippen molar-refractivity contribution in [2.75, 3.05) is 26.9 Å². The Kier molecular flexibility index (Phi) is 7.15. The number of methoxy groups -OCH3 is 1. The summed E-state index contributed by atoms with van der Waals surface area (Å²) in [6.45, 7) is 8.87. The number of pyridine rings is 1. The summed E-state index contributed by atoms with van der Waals surface area (Å²) >= 11 is 0.